The largest absolute Gasteiger partial charge is 0.377 e. The van der Waals surface area contributed by atoms with Gasteiger partial charge in [0.1, 0.15) is 11.5 Å². The minimum Gasteiger partial charge on any atom is -0.377 e. The van der Waals surface area contributed by atoms with Gasteiger partial charge in [0, 0.05) is 18.3 Å². The molecular weight excluding hydrogens is 366 g/mol. The van der Waals surface area contributed by atoms with Gasteiger partial charge < -0.3 is 9.64 Å². The van der Waals surface area contributed by atoms with Crippen LogP contribution in [0.4, 0.5) is 5.82 Å². The van der Waals surface area contributed by atoms with Gasteiger partial charge in [0.05, 0.1) is 42.5 Å². The maximum absolute atomic E-state index is 10.2. The molecule has 5 rings (SSSR count). The van der Waals surface area contributed by atoms with Crippen LogP contribution in [0.3, 0.4) is 0 Å². The van der Waals surface area contributed by atoms with Crippen molar-refractivity contribution >= 4 is 11.3 Å². The molecule has 1 N–H and O–H groups in total. The Hall–Kier alpha value is -2.92. The fourth-order valence-electron chi connectivity index (χ4n) is 4.72. The number of nitrogens with zero attached hydrogens (tertiary/aromatic N) is 6. The molecular formula is C21H25N7O. The van der Waals surface area contributed by atoms with E-state index in [1.807, 2.05) is 16.8 Å². The highest BCUT2D eigenvalue weighted by Gasteiger charge is 2.37. The minimum atomic E-state index is -0.488. The quantitative estimate of drug-likeness (QED) is 0.737. The maximum Gasteiger partial charge on any atom is 0.179 e. The molecule has 0 amide bonds. The topological polar surface area (TPSA) is 95.1 Å². The molecule has 3 aromatic rings. The second-order valence-electron chi connectivity index (χ2n) is 8.14. The molecule has 8 heteroatoms. The summed E-state index contributed by atoms with van der Waals surface area (Å²) in [6, 6.07) is 6.92. The summed E-state index contributed by atoms with van der Waals surface area (Å²) in [6.07, 6.45) is 8.66. The van der Waals surface area contributed by atoms with E-state index < -0.39 is 5.41 Å². The summed E-state index contributed by atoms with van der Waals surface area (Å²) in [7, 11) is 0. The number of rotatable bonds is 3. The van der Waals surface area contributed by atoms with E-state index in [0.29, 0.717) is 19.0 Å². The Bertz CT molecular complexity index is 1040. The van der Waals surface area contributed by atoms with E-state index in [1.165, 1.54) is 6.42 Å². The zero-order chi connectivity index (χ0) is 19.8. The Morgan fingerprint density at radius 2 is 2.17 bits per heavy atom. The van der Waals surface area contributed by atoms with Gasteiger partial charge in [0.15, 0.2) is 5.82 Å². The first kappa shape index (κ1) is 18.1. The van der Waals surface area contributed by atoms with Crippen molar-refractivity contribution in [2.45, 2.75) is 50.5 Å². The molecule has 0 aromatic carbocycles. The van der Waals surface area contributed by atoms with Crippen molar-refractivity contribution in [3.8, 4) is 17.6 Å². The van der Waals surface area contributed by atoms with Gasteiger partial charge in [0.2, 0.25) is 0 Å². The number of aromatic nitrogens is 5. The van der Waals surface area contributed by atoms with Crippen LogP contribution in [-0.4, -0.2) is 50.6 Å². The molecule has 3 aromatic heterocycles. The summed E-state index contributed by atoms with van der Waals surface area (Å²) >= 11 is 0. The molecule has 1 saturated carbocycles. The van der Waals surface area contributed by atoms with Crippen molar-refractivity contribution in [1.29, 1.82) is 5.26 Å². The van der Waals surface area contributed by atoms with E-state index in [2.05, 4.69) is 39.1 Å². The molecule has 1 aliphatic heterocycles. The van der Waals surface area contributed by atoms with E-state index in [9.17, 15) is 5.26 Å². The molecule has 0 radical (unpaired) electrons. The van der Waals surface area contributed by atoms with Crippen molar-refractivity contribution in [3.63, 3.8) is 0 Å². The van der Waals surface area contributed by atoms with Gasteiger partial charge in [-0.2, -0.15) is 10.4 Å². The SMILES string of the molecule is CC1COCCN1c1cc(C2(C#N)CCCCC2)c2cnc(-c3ccn[nH]3)n2n1. The van der Waals surface area contributed by atoms with Gasteiger partial charge in [-0.3, -0.25) is 5.10 Å². The van der Waals surface area contributed by atoms with Crippen molar-refractivity contribution in [2.75, 3.05) is 24.7 Å². The zero-order valence-corrected chi connectivity index (χ0v) is 16.6. The van der Waals surface area contributed by atoms with Crippen LogP contribution in [-0.2, 0) is 10.2 Å². The Balaban J connectivity index is 1.74. The molecule has 1 aliphatic carbocycles. The summed E-state index contributed by atoms with van der Waals surface area (Å²) in [4.78, 5) is 6.92. The first-order chi connectivity index (χ1) is 14.2. The molecule has 1 saturated heterocycles. The van der Waals surface area contributed by atoms with E-state index in [1.54, 1.807) is 6.20 Å². The second-order valence-corrected chi connectivity index (χ2v) is 8.14. The number of aromatic amines is 1. The van der Waals surface area contributed by atoms with Gasteiger partial charge in [-0.05, 0) is 31.9 Å². The van der Waals surface area contributed by atoms with E-state index in [-0.39, 0.29) is 6.04 Å². The lowest BCUT2D eigenvalue weighted by Crippen LogP contribution is -2.44. The molecule has 150 valence electrons. The molecule has 29 heavy (non-hydrogen) atoms. The highest BCUT2D eigenvalue weighted by Crippen LogP contribution is 2.42. The van der Waals surface area contributed by atoms with Crippen LogP contribution < -0.4 is 4.90 Å². The number of imidazole rings is 1. The number of nitriles is 1. The molecule has 2 fully saturated rings. The average Bonchev–Trinajstić information content (AvgIpc) is 3.43. The summed E-state index contributed by atoms with van der Waals surface area (Å²) in [6.45, 7) is 4.29. The lowest BCUT2D eigenvalue weighted by atomic mass is 9.70. The van der Waals surface area contributed by atoms with Gasteiger partial charge >= 0.3 is 0 Å². The number of anilines is 1. The Kier molecular flexibility index (Phi) is 4.47. The lowest BCUT2D eigenvalue weighted by Gasteiger charge is -2.36. The monoisotopic (exact) mass is 391 g/mol. The Morgan fingerprint density at radius 1 is 1.31 bits per heavy atom. The fraction of sp³-hybridized carbons (Fsp3) is 0.524. The van der Waals surface area contributed by atoms with Crippen LogP contribution in [0.5, 0.6) is 0 Å². The molecule has 1 atom stereocenters. The van der Waals surface area contributed by atoms with Crippen LogP contribution in [0.25, 0.3) is 17.0 Å². The predicted octanol–water partition coefficient (Wildman–Crippen LogP) is 3.07. The number of ether oxygens (including phenoxy) is 1. The summed E-state index contributed by atoms with van der Waals surface area (Å²) < 4.78 is 7.50. The highest BCUT2D eigenvalue weighted by atomic mass is 16.5. The average molecular weight is 391 g/mol. The minimum absolute atomic E-state index is 0.227. The molecule has 0 spiro atoms. The number of nitrogens with one attached hydrogen (secondary N) is 1. The van der Waals surface area contributed by atoms with E-state index in [0.717, 1.165) is 54.8 Å². The molecule has 8 nitrogen and oxygen atoms in total. The smallest absolute Gasteiger partial charge is 0.179 e. The summed E-state index contributed by atoms with van der Waals surface area (Å²) in [5, 5.41) is 22.3. The van der Waals surface area contributed by atoms with E-state index >= 15 is 0 Å². The third kappa shape index (κ3) is 2.97. The third-order valence-corrected chi connectivity index (χ3v) is 6.33. The lowest BCUT2D eigenvalue weighted by molar-refractivity contribution is 0.0984. The standard InChI is InChI=1S/C21H25N7O/c1-15-13-29-10-9-27(15)19-11-16(21(14-22)6-3-2-4-7-21)18-12-23-20(28(18)26-19)17-5-8-24-25-17/h5,8,11-12,15H,2-4,6-7,9-10,13H2,1H3,(H,24,25). The van der Waals surface area contributed by atoms with Crippen LogP contribution in [0.15, 0.2) is 24.5 Å². The number of H-pyrrole nitrogens is 1. The number of hydrogen-bond acceptors (Lipinski definition) is 6. The Labute approximate surface area is 169 Å². The first-order valence-corrected chi connectivity index (χ1v) is 10.4. The second kappa shape index (κ2) is 7.16. The van der Waals surface area contributed by atoms with Gasteiger partial charge in [0.25, 0.3) is 0 Å². The number of morpholine rings is 1. The summed E-state index contributed by atoms with van der Waals surface area (Å²) in [5.74, 6) is 1.59. The predicted molar refractivity (Wildman–Crippen MR) is 109 cm³/mol. The molecule has 0 bridgehead atoms. The molecule has 4 heterocycles. The molecule has 1 unspecified atom stereocenters. The highest BCUT2D eigenvalue weighted by molar-refractivity contribution is 5.67. The summed E-state index contributed by atoms with van der Waals surface area (Å²) in [5.41, 5.74) is 2.27. The van der Waals surface area contributed by atoms with Crippen molar-refractivity contribution in [1.82, 2.24) is 24.8 Å². The zero-order valence-electron chi connectivity index (χ0n) is 16.6. The molecule has 2 aliphatic rings. The number of fused-ring (bicyclic) bond motifs is 1. The number of hydrogen-bond donors (Lipinski definition) is 1. The van der Waals surface area contributed by atoms with Crippen molar-refractivity contribution in [2.24, 2.45) is 0 Å². The van der Waals surface area contributed by atoms with E-state index in [4.69, 9.17) is 9.84 Å². The van der Waals surface area contributed by atoms with Gasteiger partial charge in [-0.25, -0.2) is 9.50 Å². The normalized spacial score (nSPS) is 21.9. The van der Waals surface area contributed by atoms with Crippen LogP contribution >= 0.6 is 0 Å². The maximum atomic E-state index is 10.2. The Morgan fingerprint density at radius 3 is 2.90 bits per heavy atom. The van der Waals surface area contributed by atoms with Crippen LogP contribution in [0.1, 0.15) is 44.6 Å². The van der Waals surface area contributed by atoms with Crippen LogP contribution in [0, 0.1) is 11.3 Å². The fourth-order valence-corrected chi connectivity index (χ4v) is 4.72. The van der Waals surface area contributed by atoms with Crippen molar-refractivity contribution in [3.05, 3.63) is 30.1 Å². The van der Waals surface area contributed by atoms with Gasteiger partial charge in [-0.1, -0.05) is 19.3 Å². The van der Waals surface area contributed by atoms with Crippen LogP contribution in [0.2, 0.25) is 0 Å². The van der Waals surface area contributed by atoms with Gasteiger partial charge in [-0.15, -0.1) is 5.10 Å². The van der Waals surface area contributed by atoms with Crippen molar-refractivity contribution < 1.29 is 4.74 Å². The first-order valence-electron chi connectivity index (χ1n) is 10.4. The third-order valence-electron chi connectivity index (χ3n) is 6.33.